The van der Waals surface area contributed by atoms with Gasteiger partial charge < -0.3 is 15.0 Å². The lowest BCUT2D eigenvalue weighted by atomic mass is 10.2. The van der Waals surface area contributed by atoms with E-state index in [1.807, 2.05) is 6.07 Å². The Kier molecular flexibility index (Phi) is 4.34. The third-order valence-electron chi connectivity index (χ3n) is 2.92. The van der Waals surface area contributed by atoms with Gasteiger partial charge in [-0.25, -0.2) is 0 Å². The third kappa shape index (κ3) is 3.57. The minimum absolute atomic E-state index is 0.0911. The van der Waals surface area contributed by atoms with Crippen LogP contribution in [0.5, 0.6) is 0 Å². The Labute approximate surface area is 116 Å². The highest BCUT2D eigenvalue weighted by molar-refractivity contribution is 5.97. The number of anilines is 2. The van der Waals surface area contributed by atoms with Crippen LogP contribution in [0.2, 0.25) is 0 Å². The van der Waals surface area contributed by atoms with Gasteiger partial charge in [0.1, 0.15) is 0 Å². The molecule has 0 aromatic heterocycles. The Hall–Kier alpha value is -2.37. The molecule has 2 amide bonds. The average molecular weight is 276 g/mol. The SMILES string of the molecule is CC(=O)OCC(=O)Nc1cccc(N2CCCC2=O)c1. The molecule has 1 fully saturated rings. The van der Waals surface area contributed by atoms with Gasteiger partial charge in [0.15, 0.2) is 6.61 Å². The number of nitrogens with one attached hydrogen (secondary N) is 1. The topological polar surface area (TPSA) is 75.7 Å². The largest absolute Gasteiger partial charge is 0.456 e. The number of rotatable bonds is 4. The van der Waals surface area contributed by atoms with Crippen LogP contribution in [0.25, 0.3) is 0 Å². The van der Waals surface area contributed by atoms with Gasteiger partial charge in [-0.05, 0) is 24.6 Å². The van der Waals surface area contributed by atoms with E-state index in [4.69, 9.17) is 0 Å². The van der Waals surface area contributed by atoms with Crippen molar-refractivity contribution in [1.82, 2.24) is 0 Å². The number of carbonyl (C=O) groups excluding carboxylic acids is 3. The Morgan fingerprint density at radius 2 is 2.20 bits per heavy atom. The summed E-state index contributed by atoms with van der Waals surface area (Å²) < 4.78 is 4.61. The van der Waals surface area contributed by atoms with Crippen molar-refractivity contribution in [2.24, 2.45) is 0 Å². The van der Waals surface area contributed by atoms with E-state index < -0.39 is 11.9 Å². The van der Waals surface area contributed by atoms with Crippen LogP contribution in [0.15, 0.2) is 24.3 Å². The maximum atomic E-state index is 11.7. The molecule has 106 valence electrons. The van der Waals surface area contributed by atoms with Crippen molar-refractivity contribution in [2.75, 3.05) is 23.4 Å². The summed E-state index contributed by atoms with van der Waals surface area (Å²) in [6, 6.07) is 7.04. The van der Waals surface area contributed by atoms with Crippen LogP contribution in [0, 0.1) is 0 Å². The predicted molar refractivity (Wildman–Crippen MR) is 73.3 cm³/mol. The van der Waals surface area contributed by atoms with Gasteiger partial charge in [-0.15, -0.1) is 0 Å². The molecule has 1 aliphatic rings. The zero-order valence-corrected chi connectivity index (χ0v) is 11.2. The van der Waals surface area contributed by atoms with E-state index >= 15 is 0 Å². The van der Waals surface area contributed by atoms with Gasteiger partial charge in [-0.2, -0.15) is 0 Å². The molecular weight excluding hydrogens is 260 g/mol. The van der Waals surface area contributed by atoms with Crippen molar-refractivity contribution in [3.05, 3.63) is 24.3 Å². The summed E-state index contributed by atoms with van der Waals surface area (Å²) in [5, 5.41) is 2.62. The summed E-state index contributed by atoms with van der Waals surface area (Å²) >= 11 is 0. The van der Waals surface area contributed by atoms with Crippen LogP contribution < -0.4 is 10.2 Å². The number of benzene rings is 1. The Morgan fingerprint density at radius 3 is 2.85 bits per heavy atom. The molecule has 0 bridgehead atoms. The quantitative estimate of drug-likeness (QED) is 0.841. The summed E-state index contributed by atoms with van der Waals surface area (Å²) in [4.78, 5) is 35.5. The Balaban J connectivity index is 2.00. The molecule has 1 aromatic carbocycles. The van der Waals surface area contributed by atoms with Gasteiger partial charge >= 0.3 is 5.97 Å². The van der Waals surface area contributed by atoms with Gasteiger partial charge in [-0.3, -0.25) is 14.4 Å². The zero-order valence-electron chi connectivity index (χ0n) is 11.2. The predicted octanol–water partition coefficient (Wildman–Crippen LogP) is 1.32. The van der Waals surface area contributed by atoms with Gasteiger partial charge in [-0.1, -0.05) is 6.07 Å². The number of ether oxygens (including phenoxy) is 1. The van der Waals surface area contributed by atoms with Crippen molar-refractivity contribution in [1.29, 1.82) is 0 Å². The second-order valence-electron chi connectivity index (χ2n) is 4.53. The summed E-state index contributed by atoms with van der Waals surface area (Å²) in [6.07, 6.45) is 1.41. The van der Waals surface area contributed by atoms with E-state index in [0.717, 1.165) is 12.1 Å². The van der Waals surface area contributed by atoms with Crippen LogP contribution >= 0.6 is 0 Å². The maximum Gasteiger partial charge on any atom is 0.303 e. The monoisotopic (exact) mass is 276 g/mol. The van der Waals surface area contributed by atoms with E-state index in [9.17, 15) is 14.4 Å². The molecule has 1 saturated heterocycles. The molecule has 1 N–H and O–H groups in total. The lowest BCUT2D eigenvalue weighted by Gasteiger charge is -2.16. The number of esters is 1. The summed E-state index contributed by atoms with van der Waals surface area (Å²) in [5.74, 6) is -0.824. The highest BCUT2D eigenvalue weighted by Gasteiger charge is 2.21. The fourth-order valence-electron chi connectivity index (χ4n) is 2.04. The molecule has 2 rings (SSSR count). The highest BCUT2D eigenvalue weighted by Crippen LogP contribution is 2.24. The average Bonchev–Trinajstić information content (AvgIpc) is 2.83. The molecule has 6 heteroatoms. The molecule has 1 aliphatic heterocycles. The lowest BCUT2D eigenvalue weighted by Crippen LogP contribution is -2.24. The van der Waals surface area contributed by atoms with Crippen LogP contribution in [-0.2, 0) is 19.1 Å². The normalized spacial score (nSPS) is 14.2. The van der Waals surface area contributed by atoms with Crippen molar-refractivity contribution in [3.8, 4) is 0 Å². The molecule has 0 unspecified atom stereocenters. The number of nitrogens with zero attached hydrogens (tertiary/aromatic N) is 1. The standard InChI is InChI=1S/C14H16N2O4/c1-10(17)20-9-13(18)15-11-4-2-5-12(8-11)16-7-3-6-14(16)19/h2,4-5,8H,3,6-7,9H2,1H3,(H,15,18). The number of hydrogen-bond acceptors (Lipinski definition) is 4. The summed E-state index contributed by atoms with van der Waals surface area (Å²) in [5.41, 5.74) is 1.33. The Bertz CT molecular complexity index is 542. The first kappa shape index (κ1) is 14.0. The summed E-state index contributed by atoms with van der Waals surface area (Å²) in [7, 11) is 0. The van der Waals surface area contributed by atoms with Crippen LogP contribution in [-0.4, -0.2) is 30.9 Å². The smallest absolute Gasteiger partial charge is 0.303 e. The zero-order chi connectivity index (χ0) is 14.5. The second kappa shape index (κ2) is 6.18. The molecule has 6 nitrogen and oxygen atoms in total. The number of amides is 2. The van der Waals surface area contributed by atoms with Crippen LogP contribution in [0.3, 0.4) is 0 Å². The molecule has 20 heavy (non-hydrogen) atoms. The third-order valence-corrected chi connectivity index (χ3v) is 2.92. The maximum absolute atomic E-state index is 11.7. The van der Waals surface area contributed by atoms with Gasteiger partial charge in [0, 0.05) is 31.3 Å². The first-order valence-corrected chi connectivity index (χ1v) is 6.40. The molecule has 0 atom stereocenters. The Morgan fingerprint density at radius 1 is 1.40 bits per heavy atom. The van der Waals surface area contributed by atoms with Gasteiger partial charge in [0.05, 0.1) is 0 Å². The molecule has 1 aromatic rings. The fourth-order valence-corrected chi connectivity index (χ4v) is 2.04. The minimum Gasteiger partial charge on any atom is -0.456 e. The first-order chi connectivity index (χ1) is 9.56. The van der Waals surface area contributed by atoms with E-state index in [-0.39, 0.29) is 12.5 Å². The molecule has 0 aliphatic carbocycles. The first-order valence-electron chi connectivity index (χ1n) is 6.40. The minimum atomic E-state index is -0.503. The lowest BCUT2D eigenvalue weighted by molar-refractivity contribution is -0.144. The molecule has 0 spiro atoms. The van der Waals surface area contributed by atoms with E-state index in [1.54, 1.807) is 23.1 Å². The molecule has 1 heterocycles. The fraction of sp³-hybridized carbons (Fsp3) is 0.357. The van der Waals surface area contributed by atoms with E-state index in [0.29, 0.717) is 18.7 Å². The number of carbonyl (C=O) groups is 3. The summed E-state index contributed by atoms with van der Waals surface area (Å²) in [6.45, 7) is 1.62. The van der Waals surface area contributed by atoms with Crippen molar-refractivity contribution >= 4 is 29.2 Å². The number of hydrogen-bond donors (Lipinski definition) is 1. The van der Waals surface area contributed by atoms with Gasteiger partial charge in [0.2, 0.25) is 5.91 Å². The van der Waals surface area contributed by atoms with Crippen molar-refractivity contribution in [3.63, 3.8) is 0 Å². The highest BCUT2D eigenvalue weighted by atomic mass is 16.5. The van der Waals surface area contributed by atoms with Crippen LogP contribution in [0.4, 0.5) is 11.4 Å². The van der Waals surface area contributed by atoms with E-state index in [2.05, 4.69) is 10.1 Å². The van der Waals surface area contributed by atoms with E-state index in [1.165, 1.54) is 6.92 Å². The van der Waals surface area contributed by atoms with Crippen LogP contribution in [0.1, 0.15) is 19.8 Å². The molecular formula is C14H16N2O4. The second-order valence-corrected chi connectivity index (χ2v) is 4.53. The molecule has 0 radical (unpaired) electrons. The molecule has 0 saturated carbocycles. The van der Waals surface area contributed by atoms with Crippen molar-refractivity contribution < 1.29 is 19.1 Å². The van der Waals surface area contributed by atoms with Gasteiger partial charge in [0.25, 0.3) is 5.91 Å². The van der Waals surface area contributed by atoms with Crippen molar-refractivity contribution in [2.45, 2.75) is 19.8 Å².